The maximum Gasteiger partial charge on any atom is 0.0689 e. The summed E-state index contributed by atoms with van der Waals surface area (Å²) in [6, 6.07) is 2.67. The van der Waals surface area contributed by atoms with Crippen LogP contribution in [0.4, 0.5) is 0 Å². The van der Waals surface area contributed by atoms with Crippen LogP contribution in [0.25, 0.3) is 0 Å². The summed E-state index contributed by atoms with van der Waals surface area (Å²) in [5.41, 5.74) is -0.0353. The zero-order chi connectivity index (χ0) is 18.0. The number of rotatable bonds is 10. The van der Waals surface area contributed by atoms with Crippen molar-refractivity contribution in [3.05, 3.63) is 0 Å². The van der Waals surface area contributed by atoms with E-state index in [1.165, 1.54) is 64.2 Å². The van der Waals surface area contributed by atoms with E-state index in [-0.39, 0.29) is 5.41 Å². The van der Waals surface area contributed by atoms with Gasteiger partial charge in [0.15, 0.2) is 0 Å². The average molecular weight is 348 g/mol. The van der Waals surface area contributed by atoms with Gasteiger partial charge in [0.1, 0.15) is 0 Å². The predicted molar refractivity (Wildman–Crippen MR) is 105 cm³/mol. The fourth-order valence-electron chi connectivity index (χ4n) is 4.89. The van der Waals surface area contributed by atoms with Gasteiger partial charge in [-0.1, -0.05) is 65.2 Å². The van der Waals surface area contributed by atoms with Crippen molar-refractivity contribution >= 4 is 0 Å². The Bertz CT molecular complexity index is 383. The Labute approximate surface area is 156 Å². The molecule has 0 N–H and O–H groups in total. The average Bonchev–Trinajstić information content (AvgIpc) is 2.67. The van der Waals surface area contributed by atoms with Gasteiger partial charge in [0.25, 0.3) is 0 Å². The van der Waals surface area contributed by atoms with Crippen molar-refractivity contribution in [2.24, 2.45) is 17.3 Å². The van der Waals surface area contributed by atoms with Crippen molar-refractivity contribution in [3.8, 4) is 6.07 Å². The lowest BCUT2D eigenvalue weighted by Crippen LogP contribution is -2.31. The molecule has 2 rings (SSSR count). The second-order valence-corrected chi connectivity index (χ2v) is 8.91. The molecule has 0 unspecified atom stereocenters. The van der Waals surface area contributed by atoms with Crippen LogP contribution in [0.5, 0.6) is 0 Å². The highest BCUT2D eigenvalue weighted by Crippen LogP contribution is 2.41. The summed E-state index contributed by atoms with van der Waals surface area (Å²) in [6.45, 7) is 5.51. The molecule has 0 aliphatic heterocycles. The van der Waals surface area contributed by atoms with Crippen molar-refractivity contribution < 1.29 is 4.74 Å². The minimum Gasteiger partial charge on any atom is -0.378 e. The monoisotopic (exact) mass is 347 g/mol. The Morgan fingerprint density at radius 2 is 1.52 bits per heavy atom. The second kappa shape index (κ2) is 11.2. The van der Waals surface area contributed by atoms with Gasteiger partial charge in [-0.2, -0.15) is 5.26 Å². The minimum absolute atomic E-state index is 0.0353. The number of hydrogen-bond acceptors (Lipinski definition) is 2. The van der Waals surface area contributed by atoms with Crippen LogP contribution in [-0.4, -0.2) is 12.7 Å². The van der Waals surface area contributed by atoms with Gasteiger partial charge in [0.05, 0.1) is 17.6 Å². The third-order valence-corrected chi connectivity index (χ3v) is 6.89. The number of nitrogens with zero attached hydrogens (tertiary/aromatic N) is 1. The summed E-state index contributed by atoms with van der Waals surface area (Å²) in [4.78, 5) is 0. The van der Waals surface area contributed by atoms with Gasteiger partial charge in [-0.3, -0.25) is 0 Å². The summed E-state index contributed by atoms with van der Waals surface area (Å²) in [5.74, 6) is 1.79. The highest BCUT2D eigenvalue weighted by atomic mass is 16.5. The second-order valence-electron chi connectivity index (χ2n) is 8.91. The van der Waals surface area contributed by atoms with Crippen LogP contribution < -0.4 is 0 Å². The molecular formula is C23H41NO. The van der Waals surface area contributed by atoms with Crippen LogP contribution >= 0.6 is 0 Å². The highest BCUT2D eigenvalue weighted by Gasteiger charge is 2.35. The molecule has 2 saturated carbocycles. The first-order valence-corrected chi connectivity index (χ1v) is 11.2. The van der Waals surface area contributed by atoms with E-state index >= 15 is 0 Å². The predicted octanol–water partition coefficient (Wildman–Crippen LogP) is 7.03. The first-order valence-electron chi connectivity index (χ1n) is 11.2. The van der Waals surface area contributed by atoms with Crippen LogP contribution in [-0.2, 0) is 4.74 Å². The van der Waals surface area contributed by atoms with Crippen molar-refractivity contribution in [1.29, 1.82) is 5.26 Å². The first kappa shape index (κ1) is 20.8. The Kier molecular flexibility index (Phi) is 9.32. The number of nitriles is 1. The Morgan fingerprint density at radius 3 is 2.12 bits per heavy atom. The van der Waals surface area contributed by atoms with Crippen LogP contribution in [0, 0.1) is 28.6 Å². The molecular weight excluding hydrogens is 306 g/mol. The quantitative estimate of drug-likeness (QED) is 0.397. The van der Waals surface area contributed by atoms with E-state index in [1.54, 1.807) is 0 Å². The lowest BCUT2D eigenvalue weighted by atomic mass is 9.71. The fraction of sp³-hybridized carbons (Fsp3) is 0.957. The Morgan fingerprint density at radius 1 is 0.880 bits per heavy atom. The van der Waals surface area contributed by atoms with E-state index in [0.29, 0.717) is 6.10 Å². The lowest BCUT2D eigenvalue weighted by Gasteiger charge is -2.36. The smallest absolute Gasteiger partial charge is 0.0689 e. The van der Waals surface area contributed by atoms with Crippen LogP contribution in [0.15, 0.2) is 0 Å². The molecule has 2 heteroatoms. The Hall–Kier alpha value is -0.550. The highest BCUT2D eigenvalue weighted by molar-refractivity contribution is 5.01. The maximum absolute atomic E-state index is 9.66. The third kappa shape index (κ3) is 6.93. The molecule has 0 aromatic carbocycles. The van der Waals surface area contributed by atoms with E-state index in [4.69, 9.17) is 4.74 Å². The van der Waals surface area contributed by atoms with Gasteiger partial charge in [-0.05, 0) is 56.8 Å². The molecule has 2 aliphatic carbocycles. The van der Waals surface area contributed by atoms with Crippen molar-refractivity contribution in [2.45, 2.75) is 116 Å². The van der Waals surface area contributed by atoms with Crippen LogP contribution in [0.3, 0.4) is 0 Å². The number of ether oxygens (including phenoxy) is 1. The summed E-state index contributed by atoms with van der Waals surface area (Å²) in [6.07, 6.45) is 19.4. The van der Waals surface area contributed by atoms with Gasteiger partial charge in [-0.15, -0.1) is 0 Å². The summed E-state index contributed by atoms with van der Waals surface area (Å²) in [7, 11) is 0. The van der Waals surface area contributed by atoms with Gasteiger partial charge in [0, 0.05) is 6.61 Å². The van der Waals surface area contributed by atoms with E-state index in [9.17, 15) is 5.26 Å². The Balaban J connectivity index is 1.61. The molecule has 0 atom stereocenters. The molecule has 0 spiro atoms. The topological polar surface area (TPSA) is 33.0 Å². The van der Waals surface area contributed by atoms with Crippen molar-refractivity contribution in [1.82, 2.24) is 0 Å². The molecule has 2 aliphatic rings. The first-order chi connectivity index (χ1) is 12.2. The van der Waals surface area contributed by atoms with E-state index in [0.717, 1.165) is 50.5 Å². The van der Waals surface area contributed by atoms with Gasteiger partial charge >= 0.3 is 0 Å². The molecule has 0 radical (unpaired) electrons. The normalized spacial score (nSPS) is 33.1. The molecule has 0 aromatic rings. The standard InChI is InChI=1S/C23H41NO/c1-3-5-7-15-23(19-24)16-13-22(14-17-23)25-18-21-11-9-20(10-12-21)8-6-4-2/h20-22H,3-18H2,1-2H3/t20-,21-,22-,23-. The van der Waals surface area contributed by atoms with Crippen molar-refractivity contribution in [2.75, 3.05) is 6.61 Å². The number of unbranched alkanes of at least 4 members (excludes halogenated alkanes) is 3. The molecule has 0 bridgehead atoms. The molecule has 0 amide bonds. The SMILES string of the molecule is CCCCC[C@]1(C#N)CC[C@H](OC[C@H]2CC[C@H](CCCC)CC2)CC1. The third-order valence-electron chi connectivity index (χ3n) is 6.89. The van der Waals surface area contributed by atoms with Crippen LogP contribution in [0.1, 0.15) is 110 Å². The molecule has 25 heavy (non-hydrogen) atoms. The molecule has 0 heterocycles. The summed E-state index contributed by atoms with van der Waals surface area (Å²) >= 11 is 0. The van der Waals surface area contributed by atoms with Gasteiger partial charge in [0.2, 0.25) is 0 Å². The minimum atomic E-state index is -0.0353. The molecule has 0 saturated heterocycles. The lowest BCUT2D eigenvalue weighted by molar-refractivity contribution is -0.0184. The van der Waals surface area contributed by atoms with Gasteiger partial charge in [-0.25, -0.2) is 0 Å². The summed E-state index contributed by atoms with van der Waals surface area (Å²) in [5, 5.41) is 9.66. The van der Waals surface area contributed by atoms with E-state index in [2.05, 4.69) is 19.9 Å². The van der Waals surface area contributed by atoms with E-state index < -0.39 is 0 Å². The van der Waals surface area contributed by atoms with Crippen molar-refractivity contribution in [3.63, 3.8) is 0 Å². The van der Waals surface area contributed by atoms with Gasteiger partial charge < -0.3 is 4.74 Å². The molecule has 2 nitrogen and oxygen atoms in total. The zero-order valence-corrected chi connectivity index (χ0v) is 16.9. The zero-order valence-electron chi connectivity index (χ0n) is 16.9. The number of hydrogen-bond donors (Lipinski definition) is 0. The van der Waals surface area contributed by atoms with Crippen LogP contribution in [0.2, 0.25) is 0 Å². The molecule has 2 fully saturated rings. The maximum atomic E-state index is 9.66. The molecule has 144 valence electrons. The summed E-state index contributed by atoms with van der Waals surface area (Å²) < 4.78 is 6.29. The van der Waals surface area contributed by atoms with E-state index in [1.807, 2.05) is 0 Å². The largest absolute Gasteiger partial charge is 0.378 e. The molecule has 0 aromatic heterocycles. The fourth-order valence-corrected chi connectivity index (χ4v) is 4.89.